The number of hydrogen-bond donors (Lipinski definition) is 1. The maximum Gasteiger partial charge on any atom is 0.0488 e. The van der Waals surface area contributed by atoms with Crippen LogP contribution in [0.5, 0.6) is 0 Å². The lowest BCUT2D eigenvalue weighted by atomic mass is 9.96. The zero-order valence-electron chi connectivity index (χ0n) is 11.2. The molecule has 0 saturated carbocycles. The summed E-state index contributed by atoms with van der Waals surface area (Å²) in [5.41, 5.74) is 1.06. The molecule has 0 amide bonds. The van der Waals surface area contributed by atoms with E-state index < -0.39 is 0 Å². The van der Waals surface area contributed by atoms with Crippen molar-refractivity contribution in [2.75, 3.05) is 20.3 Å². The SMILES string of the molecule is CCNC(CC(C)COC)c1cc(Cl)ccc1Cl. The maximum atomic E-state index is 6.26. The average Bonchev–Trinajstić information content (AvgIpc) is 2.32. The Labute approximate surface area is 120 Å². The standard InChI is InChI=1S/C14H21Cl2NO/c1-4-17-14(7-10(2)9-18-3)12-8-11(15)5-6-13(12)16/h5-6,8,10,14,17H,4,7,9H2,1-3H3. The van der Waals surface area contributed by atoms with Crippen molar-refractivity contribution in [3.8, 4) is 0 Å². The highest BCUT2D eigenvalue weighted by molar-refractivity contribution is 6.33. The van der Waals surface area contributed by atoms with Gasteiger partial charge in [0, 0.05) is 29.8 Å². The Morgan fingerprint density at radius 3 is 2.67 bits per heavy atom. The van der Waals surface area contributed by atoms with Crippen LogP contribution in [-0.4, -0.2) is 20.3 Å². The van der Waals surface area contributed by atoms with E-state index >= 15 is 0 Å². The van der Waals surface area contributed by atoms with Gasteiger partial charge in [-0.1, -0.05) is 37.0 Å². The molecule has 0 bridgehead atoms. The Balaban J connectivity index is 2.85. The Hall–Kier alpha value is -0.280. The summed E-state index contributed by atoms with van der Waals surface area (Å²) in [5, 5.41) is 4.94. The molecular weight excluding hydrogens is 269 g/mol. The molecule has 18 heavy (non-hydrogen) atoms. The average molecular weight is 290 g/mol. The quantitative estimate of drug-likeness (QED) is 0.807. The molecule has 1 rings (SSSR count). The van der Waals surface area contributed by atoms with E-state index in [0.29, 0.717) is 5.92 Å². The van der Waals surface area contributed by atoms with E-state index in [1.165, 1.54) is 0 Å². The topological polar surface area (TPSA) is 21.3 Å². The third-order valence-electron chi connectivity index (χ3n) is 2.87. The van der Waals surface area contributed by atoms with Crippen molar-refractivity contribution < 1.29 is 4.74 Å². The lowest BCUT2D eigenvalue weighted by molar-refractivity contribution is 0.149. The van der Waals surface area contributed by atoms with E-state index in [0.717, 1.165) is 35.2 Å². The first-order valence-electron chi connectivity index (χ1n) is 6.25. The maximum absolute atomic E-state index is 6.26. The third kappa shape index (κ3) is 4.77. The van der Waals surface area contributed by atoms with Gasteiger partial charge < -0.3 is 10.1 Å². The Morgan fingerprint density at radius 1 is 1.33 bits per heavy atom. The van der Waals surface area contributed by atoms with E-state index in [2.05, 4.69) is 19.2 Å². The molecule has 2 unspecified atom stereocenters. The first kappa shape index (κ1) is 15.8. The van der Waals surface area contributed by atoms with E-state index in [1.54, 1.807) is 7.11 Å². The fourth-order valence-corrected chi connectivity index (χ4v) is 2.53. The highest BCUT2D eigenvalue weighted by atomic mass is 35.5. The molecule has 2 atom stereocenters. The van der Waals surface area contributed by atoms with Crippen molar-refractivity contribution >= 4 is 23.2 Å². The number of methoxy groups -OCH3 is 1. The van der Waals surface area contributed by atoms with Gasteiger partial charge in [-0.2, -0.15) is 0 Å². The molecule has 1 aromatic rings. The fourth-order valence-electron chi connectivity index (χ4n) is 2.10. The van der Waals surface area contributed by atoms with Crippen LogP contribution in [0.15, 0.2) is 18.2 Å². The van der Waals surface area contributed by atoms with Crippen LogP contribution < -0.4 is 5.32 Å². The van der Waals surface area contributed by atoms with Crippen LogP contribution in [0.2, 0.25) is 10.0 Å². The second-order valence-corrected chi connectivity index (χ2v) is 5.42. The minimum atomic E-state index is 0.214. The van der Waals surface area contributed by atoms with E-state index in [9.17, 15) is 0 Å². The van der Waals surface area contributed by atoms with Gasteiger partial charge >= 0.3 is 0 Å². The Morgan fingerprint density at radius 2 is 2.06 bits per heavy atom. The molecule has 0 radical (unpaired) electrons. The largest absolute Gasteiger partial charge is 0.384 e. The molecule has 0 aliphatic heterocycles. The number of rotatable bonds is 7. The van der Waals surface area contributed by atoms with Crippen LogP contribution in [0.4, 0.5) is 0 Å². The molecule has 0 saturated heterocycles. The number of halogens is 2. The van der Waals surface area contributed by atoms with E-state index in [-0.39, 0.29) is 6.04 Å². The molecule has 0 aliphatic carbocycles. The summed E-state index contributed by atoms with van der Waals surface area (Å²) in [5.74, 6) is 0.467. The second-order valence-electron chi connectivity index (χ2n) is 4.57. The van der Waals surface area contributed by atoms with Gasteiger partial charge in [0.05, 0.1) is 0 Å². The van der Waals surface area contributed by atoms with Crippen molar-refractivity contribution in [1.29, 1.82) is 0 Å². The number of nitrogens with one attached hydrogen (secondary N) is 1. The first-order chi connectivity index (χ1) is 8.58. The summed E-state index contributed by atoms with van der Waals surface area (Å²) < 4.78 is 5.19. The van der Waals surface area contributed by atoms with Gasteiger partial charge in [0.2, 0.25) is 0 Å². The summed E-state index contributed by atoms with van der Waals surface area (Å²) in [4.78, 5) is 0. The van der Waals surface area contributed by atoms with Gasteiger partial charge in [0.15, 0.2) is 0 Å². The van der Waals surface area contributed by atoms with Crippen molar-refractivity contribution in [2.45, 2.75) is 26.3 Å². The highest BCUT2D eigenvalue weighted by Gasteiger charge is 2.17. The normalized spacial score (nSPS) is 14.5. The predicted octanol–water partition coefficient (Wildman–Crippen LogP) is 4.32. The number of ether oxygens (including phenoxy) is 1. The molecule has 4 heteroatoms. The summed E-state index contributed by atoms with van der Waals surface area (Å²) in [6.45, 7) is 5.91. The molecule has 1 aromatic carbocycles. The molecule has 0 aliphatic rings. The molecule has 0 fully saturated rings. The molecular formula is C14H21Cl2NO. The summed E-state index contributed by atoms with van der Waals surface area (Å²) in [6, 6.07) is 5.82. The summed E-state index contributed by atoms with van der Waals surface area (Å²) >= 11 is 12.3. The first-order valence-corrected chi connectivity index (χ1v) is 7.01. The molecule has 0 spiro atoms. The van der Waals surface area contributed by atoms with E-state index in [1.807, 2.05) is 18.2 Å². The minimum absolute atomic E-state index is 0.214. The third-order valence-corrected chi connectivity index (χ3v) is 3.45. The molecule has 0 aromatic heterocycles. The molecule has 1 N–H and O–H groups in total. The fraction of sp³-hybridized carbons (Fsp3) is 0.571. The van der Waals surface area contributed by atoms with Crippen molar-refractivity contribution in [3.63, 3.8) is 0 Å². The van der Waals surface area contributed by atoms with Gasteiger partial charge in [-0.25, -0.2) is 0 Å². The van der Waals surface area contributed by atoms with Crippen LogP contribution in [0.3, 0.4) is 0 Å². The van der Waals surface area contributed by atoms with Crippen molar-refractivity contribution in [2.24, 2.45) is 5.92 Å². The van der Waals surface area contributed by atoms with Gasteiger partial charge in [-0.15, -0.1) is 0 Å². The monoisotopic (exact) mass is 289 g/mol. The van der Waals surface area contributed by atoms with Gasteiger partial charge in [0.1, 0.15) is 0 Å². The van der Waals surface area contributed by atoms with Gasteiger partial charge in [0.25, 0.3) is 0 Å². The van der Waals surface area contributed by atoms with Crippen LogP contribution in [0, 0.1) is 5.92 Å². The van der Waals surface area contributed by atoms with E-state index in [4.69, 9.17) is 27.9 Å². The molecule has 2 nitrogen and oxygen atoms in total. The molecule has 102 valence electrons. The van der Waals surface area contributed by atoms with Crippen LogP contribution in [-0.2, 0) is 4.74 Å². The zero-order valence-corrected chi connectivity index (χ0v) is 12.7. The second kappa shape index (κ2) is 8.00. The van der Waals surface area contributed by atoms with Crippen LogP contribution in [0.1, 0.15) is 31.9 Å². The predicted molar refractivity (Wildman–Crippen MR) is 78.5 cm³/mol. The van der Waals surface area contributed by atoms with Crippen molar-refractivity contribution in [3.05, 3.63) is 33.8 Å². The molecule has 0 heterocycles. The van der Waals surface area contributed by atoms with Gasteiger partial charge in [-0.3, -0.25) is 0 Å². The van der Waals surface area contributed by atoms with Crippen LogP contribution >= 0.6 is 23.2 Å². The number of hydrogen-bond acceptors (Lipinski definition) is 2. The zero-order chi connectivity index (χ0) is 13.5. The van der Waals surface area contributed by atoms with Crippen molar-refractivity contribution in [1.82, 2.24) is 5.32 Å². The lowest BCUT2D eigenvalue weighted by Crippen LogP contribution is -2.24. The minimum Gasteiger partial charge on any atom is -0.384 e. The highest BCUT2D eigenvalue weighted by Crippen LogP contribution is 2.30. The summed E-state index contributed by atoms with van der Waals surface area (Å²) in [7, 11) is 1.73. The van der Waals surface area contributed by atoms with Crippen LogP contribution in [0.25, 0.3) is 0 Å². The smallest absolute Gasteiger partial charge is 0.0488 e. The van der Waals surface area contributed by atoms with Gasteiger partial charge in [-0.05, 0) is 42.6 Å². The Bertz CT molecular complexity index is 371. The Kier molecular flexibility index (Phi) is 7.02. The lowest BCUT2D eigenvalue weighted by Gasteiger charge is -2.23. The summed E-state index contributed by atoms with van der Waals surface area (Å²) in [6.07, 6.45) is 0.974. The number of benzene rings is 1.